The predicted octanol–water partition coefficient (Wildman–Crippen LogP) is 4.37. The fourth-order valence-corrected chi connectivity index (χ4v) is 4.24. The van der Waals surface area contributed by atoms with Crippen molar-refractivity contribution < 1.29 is 5.11 Å². The van der Waals surface area contributed by atoms with E-state index in [1.54, 1.807) is 11.3 Å². The van der Waals surface area contributed by atoms with Crippen molar-refractivity contribution in [3.63, 3.8) is 0 Å². The Bertz CT molecular complexity index is 497. The van der Waals surface area contributed by atoms with Crippen LogP contribution in [0, 0.1) is 29.1 Å². The molecule has 0 bridgehead atoms. The Morgan fingerprint density at radius 2 is 1.89 bits per heavy atom. The molecule has 0 aromatic carbocycles. The van der Waals surface area contributed by atoms with Gasteiger partial charge in [0.25, 0.3) is 0 Å². The first-order valence-electron chi connectivity index (χ1n) is 6.92. The minimum atomic E-state index is -1.05. The molecule has 0 amide bonds. The summed E-state index contributed by atoms with van der Waals surface area (Å²) < 4.78 is 0. The molecule has 0 aliphatic heterocycles. The maximum atomic E-state index is 11.1. The molecule has 1 aromatic rings. The lowest BCUT2D eigenvalue weighted by molar-refractivity contribution is -0.0750. The van der Waals surface area contributed by atoms with Gasteiger partial charge in [-0.3, -0.25) is 0 Å². The van der Waals surface area contributed by atoms with Crippen molar-refractivity contribution >= 4 is 11.3 Å². The molecule has 1 heterocycles. The highest BCUT2D eigenvalue weighted by molar-refractivity contribution is 7.10. The van der Waals surface area contributed by atoms with Gasteiger partial charge >= 0.3 is 0 Å². The molecule has 0 saturated heterocycles. The fraction of sp³-hybridized carbons (Fsp3) is 0.688. The lowest BCUT2D eigenvalue weighted by Gasteiger charge is -2.47. The molecule has 0 radical (unpaired) electrons. The minimum Gasteiger partial charge on any atom is -0.383 e. The molecule has 2 nitrogen and oxygen atoms in total. The maximum absolute atomic E-state index is 11.1. The van der Waals surface area contributed by atoms with Crippen molar-refractivity contribution in [2.24, 2.45) is 10.8 Å². The Morgan fingerprint density at radius 1 is 1.32 bits per heavy atom. The molecule has 19 heavy (non-hydrogen) atoms. The Morgan fingerprint density at radius 3 is 2.32 bits per heavy atom. The van der Waals surface area contributed by atoms with E-state index in [0.29, 0.717) is 5.41 Å². The van der Waals surface area contributed by atoms with E-state index in [2.05, 4.69) is 19.9 Å². The number of nitriles is 1. The molecule has 3 heteroatoms. The van der Waals surface area contributed by atoms with Gasteiger partial charge in [-0.15, -0.1) is 11.3 Å². The number of rotatable bonds is 2. The Balaban J connectivity index is 2.38. The molecule has 0 spiro atoms. The van der Waals surface area contributed by atoms with Crippen LogP contribution in [0.2, 0.25) is 0 Å². The molecule has 1 fully saturated rings. The average Bonchev–Trinajstić information content (AvgIpc) is 2.76. The van der Waals surface area contributed by atoms with E-state index in [-0.39, 0.29) is 0 Å². The maximum Gasteiger partial charge on any atom is 0.115 e. The van der Waals surface area contributed by atoms with Gasteiger partial charge in [0.05, 0.1) is 11.5 Å². The van der Waals surface area contributed by atoms with Crippen molar-refractivity contribution in [3.05, 3.63) is 21.9 Å². The van der Waals surface area contributed by atoms with E-state index < -0.39 is 11.0 Å². The van der Waals surface area contributed by atoms with Gasteiger partial charge < -0.3 is 5.11 Å². The molecular weight excluding hydrogens is 254 g/mol. The Hall–Kier alpha value is -0.850. The lowest BCUT2D eigenvalue weighted by Crippen LogP contribution is -2.46. The summed E-state index contributed by atoms with van der Waals surface area (Å²) in [5.41, 5.74) is -0.301. The van der Waals surface area contributed by atoms with Crippen LogP contribution in [-0.2, 0) is 5.60 Å². The van der Waals surface area contributed by atoms with Crippen molar-refractivity contribution in [2.45, 2.75) is 59.0 Å². The summed E-state index contributed by atoms with van der Waals surface area (Å²) in [7, 11) is 0. The van der Waals surface area contributed by atoms with Crippen LogP contribution in [-0.4, -0.2) is 5.11 Å². The number of hydrogen-bond donors (Lipinski definition) is 1. The normalized spacial score (nSPS) is 24.4. The van der Waals surface area contributed by atoms with Crippen molar-refractivity contribution in [3.8, 4) is 6.07 Å². The first kappa shape index (κ1) is 14.6. The summed E-state index contributed by atoms with van der Waals surface area (Å²) in [6.07, 6.45) is 3.56. The van der Waals surface area contributed by atoms with Gasteiger partial charge in [0.15, 0.2) is 0 Å². The van der Waals surface area contributed by atoms with Crippen LogP contribution in [0.25, 0.3) is 0 Å². The van der Waals surface area contributed by atoms with Gasteiger partial charge in [-0.25, -0.2) is 0 Å². The van der Waals surface area contributed by atoms with E-state index in [4.69, 9.17) is 0 Å². The summed E-state index contributed by atoms with van der Waals surface area (Å²) in [6, 6.07) is 4.49. The van der Waals surface area contributed by atoms with E-state index in [1.165, 1.54) is 0 Å². The number of aliphatic hydroxyl groups is 1. The lowest BCUT2D eigenvalue weighted by atomic mass is 9.59. The van der Waals surface area contributed by atoms with Crippen LogP contribution in [0.5, 0.6) is 0 Å². The first-order chi connectivity index (χ1) is 8.74. The van der Waals surface area contributed by atoms with Crippen LogP contribution in [0.15, 0.2) is 11.4 Å². The van der Waals surface area contributed by atoms with Gasteiger partial charge in [0, 0.05) is 4.88 Å². The largest absolute Gasteiger partial charge is 0.383 e. The highest BCUT2D eigenvalue weighted by atomic mass is 32.1. The highest BCUT2D eigenvalue weighted by Gasteiger charge is 2.52. The van der Waals surface area contributed by atoms with E-state index >= 15 is 0 Å². The summed E-state index contributed by atoms with van der Waals surface area (Å²) in [5.74, 6) is 0. The van der Waals surface area contributed by atoms with Gasteiger partial charge in [-0.2, -0.15) is 5.26 Å². The molecule has 1 N–H and O–H groups in total. The molecular formula is C16H23NOS. The zero-order valence-corrected chi connectivity index (χ0v) is 13.1. The standard InChI is InChI=1S/C16H23NOS/c1-12-5-10-19-13(12)15(4,18)16(11-17)8-6-14(2,3)7-9-16/h5,10,18H,6-9H2,1-4H3. The monoisotopic (exact) mass is 277 g/mol. The zero-order valence-electron chi connectivity index (χ0n) is 12.3. The Kier molecular flexibility index (Phi) is 3.53. The quantitative estimate of drug-likeness (QED) is 0.872. The molecule has 1 unspecified atom stereocenters. The topological polar surface area (TPSA) is 44.0 Å². The molecule has 1 aliphatic rings. The summed E-state index contributed by atoms with van der Waals surface area (Å²) >= 11 is 1.56. The van der Waals surface area contributed by atoms with E-state index in [0.717, 1.165) is 36.1 Å². The number of hydrogen-bond acceptors (Lipinski definition) is 3. The first-order valence-corrected chi connectivity index (χ1v) is 7.80. The number of nitrogens with zero attached hydrogens (tertiary/aromatic N) is 1. The minimum absolute atomic E-state index is 0.293. The SMILES string of the molecule is Cc1ccsc1C(C)(O)C1(C#N)CCC(C)(C)CC1. The van der Waals surface area contributed by atoms with Gasteiger partial charge in [0.1, 0.15) is 5.60 Å². The van der Waals surface area contributed by atoms with Gasteiger partial charge in [-0.05, 0) is 62.0 Å². The van der Waals surface area contributed by atoms with Crippen molar-refractivity contribution in [2.75, 3.05) is 0 Å². The highest BCUT2D eigenvalue weighted by Crippen LogP contribution is 2.54. The summed E-state index contributed by atoms with van der Waals surface area (Å²) in [4.78, 5) is 0.953. The van der Waals surface area contributed by atoms with Crippen LogP contribution in [0.1, 0.15) is 56.9 Å². The number of thiophene rings is 1. The third-order valence-corrected chi connectivity index (χ3v) is 6.13. The zero-order chi connectivity index (χ0) is 14.3. The van der Waals surface area contributed by atoms with E-state index in [9.17, 15) is 10.4 Å². The second-order valence-electron chi connectivity index (χ2n) is 6.86. The third kappa shape index (κ3) is 2.32. The Labute approximate surface area is 120 Å². The van der Waals surface area contributed by atoms with Gasteiger partial charge in [0.2, 0.25) is 0 Å². The predicted molar refractivity (Wildman–Crippen MR) is 78.9 cm³/mol. The average molecular weight is 277 g/mol. The van der Waals surface area contributed by atoms with E-state index in [1.807, 2.05) is 25.3 Å². The van der Waals surface area contributed by atoms with Crippen LogP contribution < -0.4 is 0 Å². The molecule has 104 valence electrons. The van der Waals surface area contributed by atoms with Crippen molar-refractivity contribution in [1.29, 1.82) is 5.26 Å². The van der Waals surface area contributed by atoms with Crippen LogP contribution in [0.3, 0.4) is 0 Å². The fourth-order valence-electron chi connectivity index (χ4n) is 3.15. The molecule has 1 saturated carbocycles. The second-order valence-corrected chi connectivity index (χ2v) is 7.78. The molecule has 1 aliphatic carbocycles. The molecule has 2 rings (SSSR count). The summed E-state index contributed by atoms with van der Waals surface area (Å²) in [5, 5.41) is 22.8. The van der Waals surface area contributed by atoms with Crippen LogP contribution in [0.4, 0.5) is 0 Å². The summed E-state index contributed by atoms with van der Waals surface area (Å²) in [6.45, 7) is 8.34. The second kappa shape index (κ2) is 4.61. The number of aryl methyl sites for hydroxylation is 1. The molecule has 1 aromatic heterocycles. The van der Waals surface area contributed by atoms with Crippen molar-refractivity contribution in [1.82, 2.24) is 0 Å². The third-order valence-electron chi connectivity index (χ3n) is 4.91. The van der Waals surface area contributed by atoms with Crippen LogP contribution >= 0.6 is 11.3 Å². The molecule has 1 atom stereocenters. The van der Waals surface area contributed by atoms with Gasteiger partial charge in [-0.1, -0.05) is 13.8 Å². The smallest absolute Gasteiger partial charge is 0.115 e.